The van der Waals surface area contributed by atoms with E-state index in [2.05, 4.69) is 33.8 Å². The predicted molar refractivity (Wildman–Crippen MR) is 84.7 cm³/mol. The van der Waals surface area contributed by atoms with E-state index < -0.39 is 10.8 Å². The molecule has 0 N–H and O–H groups in total. The lowest BCUT2D eigenvalue weighted by Gasteiger charge is -2.32. The summed E-state index contributed by atoms with van der Waals surface area (Å²) in [5, 5.41) is 0. The largest absolute Gasteiger partial charge is 0.494 e. The van der Waals surface area contributed by atoms with Crippen molar-refractivity contribution >= 4 is 23.4 Å². The summed E-state index contributed by atoms with van der Waals surface area (Å²) in [6.45, 7) is 10.2. The minimum atomic E-state index is -0.823. The van der Waals surface area contributed by atoms with Crippen molar-refractivity contribution in [1.29, 1.82) is 0 Å². The van der Waals surface area contributed by atoms with Gasteiger partial charge >= 0.3 is 7.12 Å². The predicted octanol–water partition coefficient (Wildman–Crippen LogP) is 2.17. The highest BCUT2D eigenvalue weighted by molar-refractivity contribution is 7.83. The van der Waals surface area contributed by atoms with E-state index >= 15 is 0 Å². The van der Waals surface area contributed by atoms with E-state index in [9.17, 15) is 4.21 Å². The van der Waals surface area contributed by atoms with E-state index in [0.29, 0.717) is 5.75 Å². The zero-order valence-electron chi connectivity index (χ0n) is 13.1. The number of benzene rings is 1. The molecule has 1 unspecified atom stereocenters. The second-order valence-electron chi connectivity index (χ2n) is 6.49. The van der Waals surface area contributed by atoms with Gasteiger partial charge in [0, 0.05) is 22.8 Å². The Kier molecular flexibility index (Phi) is 4.16. The fourth-order valence-corrected chi connectivity index (χ4v) is 2.99. The van der Waals surface area contributed by atoms with Gasteiger partial charge in [-0.2, -0.15) is 0 Å². The maximum Gasteiger partial charge on any atom is 0.494 e. The molecule has 20 heavy (non-hydrogen) atoms. The summed E-state index contributed by atoms with van der Waals surface area (Å²) in [4.78, 5) is 0. The Bertz CT molecular complexity index is 524. The standard InChI is InChI=1S/C15H23BO3S/c1-11-9-13(8-7-12(11)10-20(6)17)16-18-14(2,3)15(4,5)19-16/h7-9H,10H2,1-6H3. The Morgan fingerprint density at radius 2 is 1.70 bits per heavy atom. The minimum Gasteiger partial charge on any atom is -0.399 e. The van der Waals surface area contributed by atoms with Crippen molar-refractivity contribution in [3.8, 4) is 0 Å². The van der Waals surface area contributed by atoms with Gasteiger partial charge in [-0.25, -0.2) is 0 Å². The van der Waals surface area contributed by atoms with Crippen LogP contribution in [0.2, 0.25) is 0 Å². The second kappa shape index (κ2) is 5.28. The monoisotopic (exact) mass is 294 g/mol. The molecule has 1 aromatic rings. The highest BCUT2D eigenvalue weighted by atomic mass is 32.2. The van der Waals surface area contributed by atoms with Crippen LogP contribution >= 0.6 is 0 Å². The van der Waals surface area contributed by atoms with Gasteiger partial charge in [-0.15, -0.1) is 0 Å². The van der Waals surface area contributed by atoms with Crippen LogP contribution < -0.4 is 5.46 Å². The third-order valence-corrected chi connectivity index (χ3v) is 4.97. The minimum absolute atomic E-state index is 0.324. The van der Waals surface area contributed by atoms with Crippen molar-refractivity contribution in [2.75, 3.05) is 6.26 Å². The molecule has 110 valence electrons. The lowest BCUT2D eigenvalue weighted by atomic mass is 9.78. The van der Waals surface area contributed by atoms with Crippen LogP contribution in [-0.4, -0.2) is 28.8 Å². The van der Waals surface area contributed by atoms with E-state index in [1.54, 1.807) is 6.26 Å². The summed E-state index contributed by atoms with van der Waals surface area (Å²) in [5.41, 5.74) is 2.62. The molecule has 0 aliphatic carbocycles. The van der Waals surface area contributed by atoms with Gasteiger partial charge in [0.1, 0.15) is 0 Å². The molecule has 0 aromatic heterocycles. The maximum absolute atomic E-state index is 11.3. The fraction of sp³-hybridized carbons (Fsp3) is 0.600. The number of hydrogen-bond acceptors (Lipinski definition) is 3. The average Bonchev–Trinajstić information content (AvgIpc) is 2.50. The number of hydrogen-bond donors (Lipinski definition) is 0. The lowest BCUT2D eigenvalue weighted by Crippen LogP contribution is -2.41. The molecule has 1 heterocycles. The molecule has 5 heteroatoms. The van der Waals surface area contributed by atoms with E-state index in [1.807, 2.05) is 19.1 Å². The molecule has 0 bridgehead atoms. The Balaban J connectivity index is 2.24. The molecule has 1 aliphatic rings. The van der Waals surface area contributed by atoms with Gasteiger partial charge in [0.15, 0.2) is 0 Å². The molecule has 0 spiro atoms. The molecular formula is C15H23BO3S. The summed E-state index contributed by atoms with van der Waals surface area (Å²) in [6.07, 6.45) is 1.72. The molecule has 1 fully saturated rings. The molecule has 1 atom stereocenters. The topological polar surface area (TPSA) is 35.5 Å². The van der Waals surface area contributed by atoms with Gasteiger partial charge in [-0.3, -0.25) is 4.21 Å². The molecule has 0 saturated carbocycles. The van der Waals surface area contributed by atoms with Crippen LogP contribution in [0.1, 0.15) is 38.8 Å². The summed E-state index contributed by atoms with van der Waals surface area (Å²) >= 11 is 0. The van der Waals surface area contributed by atoms with Crippen LogP contribution in [0.25, 0.3) is 0 Å². The zero-order chi connectivity index (χ0) is 15.1. The third-order valence-electron chi connectivity index (χ3n) is 4.25. The quantitative estimate of drug-likeness (QED) is 0.802. The van der Waals surface area contributed by atoms with Crippen LogP contribution in [0.3, 0.4) is 0 Å². The molecule has 3 nitrogen and oxygen atoms in total. The van der Waals surface area contributed by atoms with Gasteiger partial charge < -0.3 is 9.31 Å². The molecular weight excluding hydrogens is 271 g/mol. The first-order valence-electron chi connectivity index (χ1n) is 6.87. The van der Waals surface area contributed by atoms with Crippen LogP contribution in [-0.2, 0) is 25.9 Å². The van der Waals surface area contributed by atoms with Crippen LogP contribution in [0.15, 0.2) is 18.2 Å². The lowest BCUT2D eigenvalue weighted by molar-refractivity contribution is 0.00578. The first kappa shape index (κ1) is 15.7. The van der Waals surface area contributed by atoms with Crippen LogP contribution in [0, 0.1) is 6.92 Å². The molecule has 2 rings (SSSR count). The first-order chi connectivity index (χ1) is 9.12. The molecule has 1 aromatic carbocycles. The van der Waals surface area contributed by atoms with E-state index in [-0.39, 0.29) is 18.3 Å². The van der Waals surface area contributed by atoms with Crippen molar-refractivity contribution in [2.45, 2.75) is 51.6 Å². The second-order valence-corrected chi connectivity index (χ2v) is 7.93. The SMILES string of the molecule is Cc1cc(B2OC(C)(C)C(C)(C)O2)ccc1CS(C)=O. The summed E-state index contributed by atoms with van der Waals surface area (Å²) in [6, 6.07) is 6.11. The summed E-state index contributed by atoms with van der Waals surface area (Å²) in [7, 11) is -1.16. The van der Waals surface area contributed by atoms with Gasteiger partial charge in [0.05, 0.1) is 11.2 Å². The van der Waals surface area contributed by atoms with Crippen LogP contribution in [0.4, 0.5) is 0 Å². The molecule has 1 saturated heterocycles. The van der Waals surface area contributed by atoms with Crippen molar-refractivity contribution < 1.29 is 13.5 Å². The Morgan fingerprint density at radius 1 is 1.15 bits per heavy atom. The summed E-state index contributed by atoms with van der Waals surface area (Å²) < 4.78 is 23.4. The van der Waals surface area contributed by atoms with Gasteiger partial charge in [-0.1, -0.05) is 18.2 Å². The average molecular weight is 294 g/mol. The van der Waals surface area contributed by atoms with Crippen molar-refractivity contribution in [3.63, 3.8) is 0 Å². The Labute approximate surface area is 124 Å². The number of aryl methyl sites for hydroxylation is 1. The first-order valence-corrected chi connectivity index (χ1v) is 8.60. The van der Waals surface area contributed by atoms with Gasteiger partial charge in [0.2, 0.25) is 0 Å². The Morgan fingerprint density at radius 3 is 2.15 bits per heavy atom. The normalized spacial score (nSPS) is 22.0. The highest BCUT2D eigenvalue weighted by Gasteiger charge is 2.51. The smallest absolute Gasteiger partial charge is 0.399 e. The number of rotatable bonds is 3. The van der Waals surface area contributed by atoms with Crippen molar-refractivity contribution in [1.82, 2.24) is 0 Å². The Hall–Kier alpha value is -0.645. The van der Waals surface area contributed by atoms with Gasteiger partial charge in [0.25, 0.3) is 0 Å². The van der Waals surface area contributed by atoms with E-state index in [1.165, 1.54) is 0 Å². The van der Waals surface area contributed by atoms with E-state index in [4.69, 9.17) is 9.31 Å². The van der Waals surface area contributed by atoms with Gasteiger partial charge in [-0.05, 0) is 51.2 Å². The van der Waals surface area contributed by atoms with E-state index in [0.717, 1.165) is 16.6 Å². The zero-order valence-corrected chi connectivity index (χ0v) is 14.0. The van der Waals surface area contributed by atoms with Crippen molar-refractivity contribution in [3.05, 3.63) is 29.3 Å². The maximum atomic E-state index is 11.3. The summed E-state index contributed by atoms with van der Waals surface area (Å²) in [5.74, 6) is 0.593. The molecule has 0 radical (unpaired) electrons. The highest BCUT2D eigenvalue weighted by Crippen LogP contribution is 2.36. The third kappa shape index (κ3) is 3.00. The molecule has 1 aliphatic heterocycles. The fourth-order valence-electron chi connectivity index (χ4n) is 2.23. The van der Waals surface area contributed by atoms with Crippen LogP contribution in [0.5, 0.6) is 0 Å². The van der Waals surface area contributed by atoms with Crippen molar-refractivity contribution in [2.24, 2.45) is 0 Å². The molecule has 0 amide bonds.